The van der Waals surface area contributed by atoms with Crippen molar-refractivity contribution in [2.45, 2.75) is 13.0 Å². The van der Waals surface area contributed by atoms with Crippen molar-refractivity contribution >= 4 is 17.2 Å². The minimum Gasteiger partial charge on any atom is -0.839 e. The van der Waals surface area contributed by atoms with Gasteiger partial charge < -0.3 is 10.4 Å². The van der Waals surface area contributed by atoms with E-state index < -0.39 is 11.8 Å². The van der Waals surface area contributed by atoms with Gasteiger partial charge >= 0.3 is 0 Å². The third-order valence-corrected chi connectivity index (χ3v) is 3.40. The van der Waals surface area contributed by atoms with Gasteiger partial charge in [-0.05, 0) is 18.2 Å². The quantitative estimate of drug-likeness (QED) is 0.723. The molecule has 0 spiro atoms. The van der Waals surface area contributed by atoms with E-state index in [2.05, 4.69) is 10.3 Å². The Labute approximate surface area is 132 Å². The summed E-state index contributed by atoms with van der Waals surface area (Å²) >= 11 is 0. The van der Waals surface area contributed by atoms with E-state index in [9.17, 15) is 9.90 Å². The minimum atomic E-state index is -0.502. The Morgan fingerprint density at radius 1 is 1.35 bits per heavy atom. The zero-order valence-corrected chi connectivity index (χ0v) is 12.1. The van der Waals surface area contributed by atoms with Crippen molar-refractivity contribution in [1.82, 2.24) is 9.38 Å². The summed E-state index contributed by atoms with van der Waals surface area (Å²) in [4.78, 5) is 16.4. The van der Waals surface area contributed by atoms with Crippen molar-refractivity contribution in [3.63, 3.8) is 0 Å². The standard InChI is InChI=1S/C16H13N5O2/c17-7-3-11-21-13-4-1-2-10-20(13)14(16(21)23)15(22)19-12-5-8-18-9-6-12/h1-2,4-6,8-10H,3,11H2,(H-,18,19,22,23). The maximum absolute atomic E-state index is 12.6. The van der Waals surface area contributed by atoms with Crippen LogP contribution >= 0.6 is 0 Å². The van der Waals surface area contributed by atoms with Gasteiger partial charge in [-0.25, -0.2) is 4.57 Å². The second kappa shape index (κ2) is 6.15. The maximum Gasteiger partial charge on any atom is 0.299 e. The molecule has 114 valence electrons. The highest BCUT2D eigenvalue weighted by Crippen LogP contribution is 2.16. The van der Waals surface area contributed by atoms with Gasteiger partial charge in [0, 0.05) is 24.1 Å². The van der Waals surface area contributed by atoms with Gasteiger partial charge in [-0.15, -0.1) is 0 Å². The number of aromatic nitrogens is 3. The number of hydrogen-bond acceptors (Lipinski definition) is 4. The van der Waals surface area contributed by atoms with Gasteiger partial charge in [-0.1, -0.05) is 6.07 Å². The third kappa shape index (κ3) is 2.70. The van der Waals surface area contributed by atoms with Gasteiger partial charge in [-0.2, -0.15) is 9.66 Å². The second-order valence-electron chi connectivity index (χ2n) is 4.83. The van der Waals surface area contributed by atoms with Crippen LogP contribution in [0.4, 0.5) is 5.69 Å². The smallest absolute Gasteiger partial charge is 0.299 e. The van der Waals surface area contributed by atoms with Crippen molar-refractivity contribution < 1.29 is 14.5 Å². The normalized spacial score (nSPS) is 10.4. The van der Waals surface area contributed by atoms with Crippen LogP contribution in [0.15, 0.2) is 48.9 Å². The van der Waals surface area contributed by atoms with Crippen molar-refractivity contribution in [2.24, 2.45) is 0 Å². The Balaban J connectivity index is 2.05. The van der Waals surface area contributed by atoms with E-state index in [1.807, 2.05) is 6.07 Å². The number of imidazole rings is 1. The number of fused-ring (bicyclic) bond motifs is 1. The Morgan fingerprint density at radius 3 is 2.87 bits per heavy atom. The van der Waals surface area contributed by atoms with E-state index >= 15 is 0 Å². The zero-order valence-electron chi connectivity index (χ0n) is 12.1. The molecule has 0 saturated carbocycles. The number of amides is 1. The second-order valence-corrected chi connectivity index (χ2v) is 4.83. The van der Waals surface area contributed by atoms with Gasteiger partial charge in [0.25, 0.3) is 11.6 Å². The molecule has 3 aromatic heterocycles. The summed E-state index contributed by atoms with van der Waals surface area (Å²) in [6, 6.07) is 10.5. The third-order valence-electron chi connectivity index (χ3n) is 3.40. The lowest BCUT2D eigenvalue weighted by Gasteiger charge is -2.06. The zero-order chi connectivity index (χ0) is 16.2. The van der Waals surface area contributed by atoms with Crippen molar-refractivity contribution in [3.05, 3.63) is 54.6 Å². The molecule has 3 heterocycles. The first-order chi connectivity index (χ1) is 11.2. The first kappa shape index (κ1) is 14.5. The average Bonchev–Trinajstić information content (AvgIpc) is 2.85. The van der Waals surface area contributed by atoms with E-state index in [0.29, 0.717) is 11.3 Å². The number of pyridine rings is 2. The Bertz CT molecular complexity index is 896. The van der Waals surface area contributed by atoms with Gasteiger partial charge in [-0.3, -0.25) is 9.78 Å². The van der Waals surface area contributed by atoms with Gasteiger partial charge in [0.05, 0.1) is 18.7 Å². The monoisotopic (exact) mass is 307 g/mol. The highest BCUT2D eigenvalue weighted by Gasteiger charge is 2.24. The van der Waals surface area contributed by atoms with Crippen molar-refractivity contribution in [2.75, 3.05) is 5.32 Å². The lowest BCUT2D eigenvalue weighted by molar-refractivity contribution is -0.711. The molecule has 23 heavy (non-hydrogen) atoms. The molecule has 3 rings (SSSR count). The van der Waals surface area contributed by atoms with E-state index in [4.69, 9.17) is 5.26 Å². The molecule has 1 amide bonds. The summed E-state index contributed by atoms with van der Waals surface area (Å²) in [5, 5.41) is 24.0. The van der Waals surface area contributed by atoms with Gasteiger partial charge in [0.15, 0.2) is 0 Å². The van der Waals surface area contributed by atoms with Crippen LogP contribution in [-0.2, 0) is 6.54 Å². The molecule has 3 aromatic rings. The molecule has 0 atom stereocenters. The van der Waals surface area contributed by atoms with Crippen molar-refractivity contribution in [3.8, 4) is 11.9 Å². The summed E-state index contributed by atoms with van der Waals surface area (Å²) in [7, 11) is 0. The minimum absolute atomic E-state index is 0.00959. The fourth-order valence-corrected chi connectivity index (χ4v) is 2.39. The molecule has 0 aliphatic heterocycles. The Kier molecular flexibility index (Phi) is 3.89. The molecule has 0 saturated heterocycles. The Hall–Kier alpha value is -3.40. The van der Waals surface area contributed by atoms with E-state index in [0.717, 1.165) is 0 Å². The summed E-state index contributed by atoms with van der Waals surface area (Å²) in [6.07, 6.45) is 4.95. The molecule has 0 bridgehead atoms. The molecular weight excluding hydrogens is 294 g/mol. The van der Waals surface area contributed by atoms with E-state index in [-0.39, 0.29) is 18.7 Å². The van der Waals surface area contributed by atoms with Crippen LogP contribution in [0.1, 0.15) is 16.9 Å². The van der Waals surface area contributed by atoms with Crippen LogP contribution in [0.5, 0.6) is 5.88 Å². The van der Waals surface area contributed by atoms with Crippen LogP contribution in [0.2, 0.25) is 0 Å². The molecule has 0 aliphatic carbocycles. The number of rotatable bonds is 4. The van der Waals surface area contributed by atoms with Crippen LogP contribution in [0.3, 0.4) is 0 Å². The topological polar surface area (TPSA) is 97.1 Å². The number of carbonyl (C=O) groups excluding carboxylic acids is 1. The van der Waals surface area contributed by atoms with Crippen LogP contribution in [0, 0.1) is 11.3 Å². The highest BCUT2D eigenvalue weighted by molar-refractivity contribution is 6.04. The molecular formula is C16H13N5O2. The predicted molar refractivity (Wildman–Crippen MR) is 79.5 cm³/mol. The SMILES string of the molecule is N#CCC[n+]1c([O-])c(C(=O)Nc2ccncc2)n2ccccc21. The van der Waals surface area contributed by atoms with Crippen LogP contribution < -0.4 is 15.0 Å². The lowest BCUT2D eigenvalue weighted by Crippen LogP contribution is -2.36. The molecule has 0 unspecified atom stereocenters. The Morgan fingerprint density at radius 2 is 2.13 bits per heavy atom. The molecule has 1 N–H and O–H groups in total. The number of aryl methyl sites for hydroxylation is 1. The summed E-state index contributed by atoms with van der Waals surface area (Å²) < 4.78 is 2.97. The van der Waals surface area contributed by atoms with Crippen LogP contribution in [0.25, 0.3) is 5.65 Å². The molecule has 0 aromatic carbocycles. The summed E-state index contributed by atoms with van der Waals surface area (Å²) in [5.74, 6) is -0.920. The average molecular weight is 307 g/mol. The number of nitrogens with one attached hydrogen (secondary N) is 1. The highest BCUT2D eigenvalue weighted by atomic mass is 16.3. The molecule has 7 heteroatoms. The van der Waals surface area contributed by atoms with E-state index in [1.165, 1.54) is 8.97 Å². The largest absolute Gasteiger partial charge is 0.839 e. The first-order valence-corrected chi connectivity index (χ1v) is 7.00. The summed E-state index contributed by atoms with van der Waals surface area (Å²) in [6.45, 7) is 0.241. The number of nitrogens with zero attached hydrogens (tertiary/aromatic N) is 4. The predicted octanol–water partition coefficient (Wildman–Crippen LogP) is 0.861. The fraction of sp³-hybridized carbons (Fsp3) is 0.125. The molecule has 0 aliphatic rings. The van der Waals surface area contributed by atoms with E-state index in [1.54, 1.807) is 48.9 Å². The maximum atomic E-state index is 12.6. The van der Waals surface area contributed by atoms with Gasteiger partial charge in [0.2, 0.25) is 5.69 Å². The number of hydrogen-bond donors (Lipinski definition) is 1. The molecule has 0 fully saturated rings. The molecule has 0 radical (unpaired) electrons. The summed E-state index contributed by atoms with van der Waals surface area (Å²) in [5.41, 5.74) is 1.14. The van der Waals surface area contributed by atoms with Crippen molar-refractivity contribution in [1.29, 1.82) is 5.26 Å². The lowest BCUT2D eigenvalue weighted by atomic mass is 10.3. The molecule has 7 nitrogen and oxygen atoms in total. The first-order valence-electron chi connectivity index (χ1n) is 7.00. The number of anilines is 1. The number of carbonyl (C=O) groups is 1. The van der Waals surface area contributed by atoms with Gasteiger partial charge in [0.1, 0.15) is 12.4 Å². The number of nitriles is 1. The van der Waals surface area contributed by atoms with Crippen LogP contribution in [-0.4, -0.2) is 15.3 Å². The fourth-order valence-electron chi connectivity index (χ4n) is 2.39.